The van der Waals surface area contributed by atoms with Crippen LogP contribution in [0.5, 0.6) is 0 Å². The van der Waals surface area contributed by atoms with Gasteiger partial charge in [-0.15, -0.1) is 0 Å². The molecule has 0 atom stereocenters. The summed E-state index contributed by atoms with van der Waals surface area (Å²) in [4.78, 5) is 41.7. The Morgan fingerprint density at radius 3 is 1.34 bits per heavy atom. The lowest BCUT2D eigenvalue weighted by Crippen LogP contribution is -2.50. The Kier molecular flexibility index (Phi) is 36.8. The molecule has 1 aliphatic rings. The first-order valence-electron chi connectivity index (χ1n) is 28.5. The molecule has 1 aliphatic carbocycles. The number of ether oxygens (including phenoxy) is 2. The molecular formula is C57H106N3O5+. The zero-order valence-electron chi connectivity index (χ0n) is 43.6. The van der Waals surface area contributed by atoms with Gasteiger partial charge in [0.25, 0.3) is 6.33 Å². The van der Waals surface area contributed by atoms with E-state index >= 15 is 0 Å². The molecule has 378 valence electrons. The maximum atomic E-state index is 13.7. The smallest absolute Gasteiger partial charge is 0.416 e. The summed E-state index contributed by atoms with van der Waals surface area (Å²) in [5, 5.41) is 0. The molecule has 0 bridgehead atoms. The Morgan fingerprint density at radius 2 is 0.923 bits per heavy atom. The van der Waals surface area contributed by atoms with Crippen LogP contribution in [0.25, 0.3) is 0 Å². The number of carbonyl (C=O) groups is 3. The number of rotatable bonds is 45. The van der Waals surface area contributed by atoms with Crippen LogP contribution in [0.15, 0.2) is 18.7 Å². The van der Waals surface area contributed by atoms with Crippen LogP contribution in [0.3, 0.4) is 0 Å². The van der Waals surface area contributed by atoms with Gasteiger partial charge in [0.2, 0.25) is 0 Å². The third kappa shape index (κ3) is 30.6. The highest BCUT2D eigenvalue weighted by Gasteiger charge is 2.39. The Hall–Kier alpha value is -2.38. The summed E-state index contributed by atoms with van der Waals surface area (Å²) >= 11 is 0. The van der Waals surface area contributed by atoms with Crippen molar-refractivity contribution in [3.63, 3.8) is 0 Å². The second-order valence-corrected chi connectivity index (χ2v) is 20.7. The van der Waals surface area contributed by atoms with Crippen LogP contribution in [0.1, 0.15) is 278 Å². The summed E-state index contributed by atoms with van der Waals surface area (Å²) < 4.78 is 15.5. The van der Waals surface area contributed by atoms with Crippen molar-refractivity contribution in [1.29, 1.82) is 0 Å². The van der Waals surface area contributed by atoms with E-state index in [2.05, 4.69) is 27.7 Å². The van der Waals surface area contributed by atoms with Crippen LogP contribution in [-0.2, 0) is 26.1 Å². The highest BCUT2D eigenvalue weighted by atomic mass is 16.5. The summed E-state index contributed by atoms with van der Waals surface area (Å²) in [6.07, 6.45) is 51.9. The van der Waals surface area contributed by atoms with Gasteiger partial charge in [-0.1, -0.05) is 214 Å². The van der Waals surface area contributed by atoms with E-state index in [4.69, 9.17) is 9.47 Å². The maximum absolute atomic E-state index is 13.7. The predicted octanol–water partition coefficient (Wildman–Crippen LogP) is 16.2. The molecule has 1 aromatic heterocycles. The van der Waals surface area contributed by atoms with E-state index in [0.717, 1.165) is 44.9 Å². The maximum Gasteiger partial charge on any atom is 0.416 e. The van der Waals surface area contributed by atoms with Gasteiger partial charge in [0.1, 0.15) is 12.4 Å². The molecule has 2 rings (SSSR count). The van der Waals surface area contributed by atoms with Crippen LogP contribution in [-0.4, -0.2) is 53.2 Å². The first-order chi connectivity index (χ1) is 31.8. The van der Waals surface area contributed by atoms with E-state index in [1.54, 1.807) is 4.57 Å². The number of amides is 1. The molecule has 65 heavy (non-hydrogen) atoms. The van der Waals surface area contributed by atoms with Gasteiger partial charge in [0.05, 0.1) is 20.3 Å². The average molecular weight is 913 g/mol. The molecule has 1 amide bonds. The van der Waals surface area contributed by atoms with Crippen LogP contribution in [0.2, 0.25) is 0 Å². The fraction of sp³-hybridized carbons (Fsp3) is 0.895. The molecule has 8 nitrogen and oxygen atoms in total. The van der Waals surface area contributed by atoms with Gasteiger partial charge in [-0.3, -0.25) is 9.59 Å². The first kappa shape index (κ1) is 58.7. The molecule has 8 heteroatoms. The zero-order chi connectivity index (χ0) is 47.0. The number of aromatic nitrogens is 2. The van der Waals surface area contributed by atoms with Gasteiger partial charge >= 0.3 is 18.0 Å². The van der Waals surface area contributed by atoms with Crippen molar-refractivity contribution in [3.8, 4) is 0 Å². The topological polar surface area (TPSA) is 81.7 Å². The fourth-order valence-electron chi connectivity index (χ4n) is 9.97. The van der Waals surface area contributed by atoms with E-state index in [-0.39, 0.29) is 29.9 Å². The zero-order valence-corrected chi connectivity index (χ0v) is 43.6. The monoisotopic (exact) mass is 913 g/mol. The van der Waals surface area contributed by atoms with Gasteiger partial charge in [0, 0.05) is 25.4 Å². The lowest BCUT2D eigenvalue weighted by Gasteiger charge is -2.41. The van der Waals surface area contributed by atoms with Crippen molar-refractivity contribution in [2.75, 3.05) is 19.8 Å². The minimum atomic E-state index is -0.0599. The van der Waals surface area contributed by atoms with Crippen molar-refractivity contribution < 1.29 is 28.4 Å². The number of carbonyl (C=O) groups excluding carboxylic acids is 3. The highest BCUT2D eigenvalue weighted by molar-refractivity contribution is 5.77. The van der Waals surface area contributed by atoms with Gasteiger partial charge < -0.3 is 14.4 Å². The number of unbranched alkanes of at least 4 members (excludes halogenated alkanes) is 26. The largest absolute Gasteiger partial charge is 0.465 e. The molecule has 1 saturated carbocycles. The van der Waals surface area contributed by atoms with Crippen LogP contribution in [0.4, 0.5) is 4.79 Å². The van der Waals surface area contributed by atoms with Gasteiger partial charge in [0.15, 0.2) is 0 Å². The molecule has 0 spiro atoms. The number of imidazole rings is 1. The molecule has 1 fully saturated rings. The lowest BCUT2D eigenvalue weighted by molar-refractivity contribution is -0.670. The van der Waals surface area contributed by atoms with E-state index in [1.165, 1.54) is 193 Å². The molecule has 0 saturated heterocycles. The molecule has 0 aromatic carbocycles. The van der Waals surface area contributed by atoms with Crippen LogP contribution >= 0.6 is 0 Å². The van der Waals surface area contributed by atoms with Crippen molar-refractivity contribution >= 4 is 18.0 Å². The number of hydrogen-bond donors (Lipinski definition) is 0. The summed E-state index contributed by atoms with van der Waals surface area (Å²) in [6, 6.07) is 0.167. The molecule has 0 radical (unpaired) electrons. The summed E-state index contributed by atoms with van der Waals surface area (Å²) in [5.74, 6) is 1.16. The molecule has 0 N–H and O–H groups in total. The molecule has 1 aromatic rings. The Labute approximate surface area is 401 Å². The number of hydrogen-bond acceptors (Lipinski definition) is 5. The summed E-state index contributed by atoms with van der Waals surface area (Å²) in [7, 11) is 1.94. The first-order valence-corrected chi connectivity index (χ1v) is 28.5. The quantitative estimate of drug-likeness (QED) is 0.0370. The van der Waals surface area contributed by atoms with Crippen molar-refractivity contribution in [1.82, 2.24) is 9.47 Å². The predicted molar refractivity (Wildman–Crippen MR) is 272 cm³/mol. The highest BCUT2D eigenvalue weighted by Crippen LogP contribution is 2.35. The Balaban J connectivity index is 1.74. The average Bonchev–Trinajstić information content (AvgIpc) is 3.73. The minimum absolute atomic E-state index is 0.0175. The third-order valence-corrected chi connectivity index (χ3v) is 14.4. The Morgan fingerprint density at radius 1 is 0.538 bits per heavy atom. The van der Waals surface area contributed by atoms with Gasteiger partial charge in [-0.25, -0.2) is 9.36 Å². The van der Waals surface area contributed by atoms with Crippen molar-refractivity contribution in [2.45, 2.75) is 284 Å². The fourth-order valence-corrected chi connectivity index (χ4v) is 9.97. The molecule has 0 unspecified atom stereocenters. The number of aryl methyl sites for hydroxylation is 1. The summed E-state index contributed by atoms with van der Waals surface area (Å²) in [6.45, 7) is 11.0. The van der Waals surface area contributed by atoms with Crippen LogP contribution in [0, 0.1) is 17.8 Å². The van der Waals surface area contributed by atoms with Crippen molar-refractivity contribution in [2.24, 2.45) is 24.8 Å². The van der Waals surface area contributed by atoms with E-state index < -0.39 is 0 Å². The van der Waals surface area contributed by atoms with E-state index in [1.807, 2.05) is 35.2 Å². The molecule has 0 aliphatic heterocycles. The second kappa shape index (κ2) is 40.7. The normalized spacial score (nSPS) is 14.9. The van der Waals surface area contributed by atoms with Crippen LogP contribution < -0.4 is 4.57 Å². The lowest BCUT2D eigenvalue weighted by atomic mass is 9.77. The van der Waals surface area contributed by atoms with E-state index in [9.17, 15) is 14.4 Å². The summed E-state index contributed by atoms with van der Waals surface area (Å²) in [5.41, 5.74) is 0. The standard InChI is InChI=1S/C57H106N3O5/c1-6-10-14-18-22-27-33-37-51(38-34-28-23-19-15-11-7-2)48-64-55(61)41-35-29-24-30-36-42-60(57(63)59-44-43-58(5)50-59)54-45-53(46-54)47-56(62)65-49-52(39-31-25-20-16-12-8-3)40-32-26-21-17-13-9-4/h43-44,50-54H,6-42,45-49H2,1-5H3/q+1. The minimum Gasteiger partial charge on any atom is -0.465 e. The number of esters is 2. The number of nitrogens with zero attached hydrogens (tertiary/aromatic N) is 3. The molecule has 1 heterocycles. The van der Waals surface area contributed by atoms with Crippen molar-refractivity contribution in [3.05, 3.63) is 18.7 Å². The SMILES string of the molecule is CCCCCCCCCC(CCCCCCCCC)COC(=O)CCCCCCCN(C(=O)n1cc[n+](C)c1)C1CC(CC(=O)OCC(CCCCCCCC)CCCCCCCC)C1. The van der Waals surface area contributed by atoms with Gasteiger partial charge in [-0.05, 0) is 69.1 Å². The van der Waals surface area contributed by atoms with Gasteiger partial charge in [-0.2, -0.15) is 4.57 Å². The second-order valence-electron chi connectivity index (χ2n) is 20.7. The molecular weight excluding hydrogens is 807 g/mol. The third-order valence-electron chi connectivity index (χ3n) is 14.4. The van der Waals surface area contributed by atoms with E-state index in [0.29, 0.717) is 44.4 Å². The Bertz CT molecular complexity index is 1240.